The Balaban J connectivity index is -0.000000601. The summed E-state index contributed by atoms with van der Waals surface area (Å²) in [6.45, 7) is 13.8. The van der Waals surface area contributed by atoms with Gasteiger partial charge in [-0.05, 0) is 13.8 Å². The van der Waals surface area contributed by atoms with E-state index < -0.39 is 11.9 Å². The molecule has 0 atom stereocenters. The van der Waals surface area contributed by atoms with E-state index in [1.807, 2.05) is 0 Å². The second kappa shape index (κ2) is 52.4. The Kier molecular flexibility index (Phi) is 55.0. The highest BCUT2D eigenvalue weighted by Crippen LogP contribution is 2.18. The maximum atomic E-state index is 9.60. The number of carboxylic acids is 2. The standard InChI is InChI=1S/C13H28.3C10H20.2C4H6O2/c1-3-5-7-9-11-13-12-10-8-6-4-2;3*1-2-4-6-8-10-9-7-5-3-1;2*1-3(2)4(5)6/h3-13H2,1-2H3;3*1-10H2;2*1H2,2H3,(H,5,6). The van der Waals surface area contributed by atoms with Crippen molar-refractivity contribution in [2.75, 3.05) is 0 Å². The van der Waals surface area contributed by atoms with E-state index in [1.165, 1.54) is 277 Å². The summed E-state index contributed by atoms with van der Waals surface area (Å²) in [6.07, 6.45) is 60.9. The molecule has 0 amide bonds. The van der Waals surface area contributed by atoms with Crippen LogP contribution in [0.2, 0.25) is 0 Å². The van der Waals surface area contributed by atoms with Crippen LogP contribution < -0.4 is 0 Å². The zero-order valence-corrected chi connectivity index (χ0v) is 38.1. The van der Waals surface area contributed by atoms with Crippen molar-refractivity contribution in [3.8, 4) is 0 Å². The van der Waals surface area contributed by atoms with Crippen molar-refractivity contribution in [3.05, 3.63) is 24.3 Å². The van der Waals surface area contributed by atoms with Gasteiger partial charge in [-0.25, -0.2) is 9.59 Å². The number of hydrogen-bond donors (Lipinski definition) is 2. The van der Waals surface area contributed by atoms with Crippen LogP contribution in [0.5, 0.6) is 0 Å². The molecule has 0 aromatic rings. The monoisotopic (exact) mass is 777 g/mol. The maximum Gasteiger partial charge on any atom is 0.330 e. The van der Waals surface area contributed by atoms with Gasteiger partial charge in [0.05, 0.1) is 0 Å². The lowest BCUT2D eigenvalue weighted by Crippen LogP contribution is -1.92. The Morgan fingerprint density at radius 1 is 0.309 bits per heavy atom. The normalized spacial score (nSPS) is 17.2. The first-order chi connectivity index (χ1) is 26.7. The molecule has 0 radical (unpaired) electrons. The number of carbonyl (C=O) groups is 2. The van der Waals surface area contributed by atoms with Crippen LogP contribution in [0, 0.1) is 0 Å². The lowest BCUT2D eigenvalue weighted by Gasteiger charge is -2.05. The van der Waals surface area contributed by atoms with Crippen molar-refractivity contribution in [2.24, 2.45) is 0 Å². The number of hydrogen-bond acceptors (Lipinski definition) is 2. The van der Waals surface area contributed by atoms with Crippen LogP contribution in [0.1, 0.15) is 291 Å². The summed E-state index contributed by atoms with van der Waals surface area (Å²) >= 11 is 0. The lowest BCUT2D eigenvalue weighted by molar-refractivity contribution is -0.133. The minimum Gasteiger partial charge on any atom is -0.478 e. The molecule has 0 bridgehead atoms. The van der Waals surface area contributed by atoms with Crippen molar-refractivity contribution in [1.29, 1.82) is 0 Å². The molecule has 0 heterocycles. The first kappa shape index (κ1) is 57.7. The van der Waals surface area contributed by atoms with E-state index in [1.54, 1.807) is 0 Å². The fourth-order valence-corrected chi connectivity index (χ4v) is 7.04. The highest BCUT2D eigenvalue weighted by atomic mass is 16.4. The summed E-state index contributed by atoms with van der Waals surface area (Å²) in [5.74, 6) is -1.87. The molecule has 2 N–H and O–H groups in total. The van der Waals surface area contributed by atoms with Crippen molar-refractivity contribution in [2.45, 2.75) is 291 Å². The molecule has 0 spiro atoms. The first-order valence-corrected chi connectivity index (χ1v) is 24.5. The third-order valence-electron chi connectivity index (χ3n) is 10.9. The third kappa shape index (κ3) is 61.8. The second-order valence-corrected chi connectivity index (χ2v) is 17.0. The minimum atomic E-state index is -0.935. The zero-order valence-electron chi connectivity index (χ0n) is 38.1. The van der Waals surface area contributed by atoms with Gasteiger partial charge in [0.1, 0.15) is 0 Å². The maximum absolute atomic E-state index is 9.60. The van der Waals surface area contributed by atoms with E-state index in [9.17, 15) is 9.59 Å². The van der Waals surface area contributed by atoms with Gasteiger partial charge >= 0.3 is 11.9 Å². The predicted octanol–water partition coefficient (Wildman–Crippen LogP) is 18.3. The Morgan fingerprint density at radius 2 is 0.400 bits per heavy atom. The Bertz CT molecular complexity index is 582. The summed E-state index contributed by atoms with van der Waals surface area (Å²) in [5, 5.41) is 15.8. The summed E-state index contributed by atoms with van der Waals surface area (Å²) < 4.78 is 0. The Labute approximate surface area is 346 Å². The van der Waals surface area contributed by atoms with Gasteiger partial charge in [-0.15, -0.1) is 0 Å². The van der Waals surface area contributed by atoms with Crippen LogP contribution in [0.15, 0.2) is 24.3 Å². The molecule has 328 valence electrons. The van der Waals surface area contributed by atoms with E-state index in [0.29, 0.717) is 0 Å². The van der Waals surface area contributed by atoms with E-state index >= 15 is 0 Å². The minimum absolute atomic E-state index is 0.176. The molecule has 3 fully saturated rings. The molecule has 3 rings (SSSR count). The van der Waals surface area contributed by atoms with E-state index in [2.05, 4.69) is 27.0 Å². The number of rotatable bonds is 12. The summed E-state index contributed by atoms with van der Waals surface area (Å²) in [6, 6.07) is 0. The highest BCUT2D eigenvalue weighted by molar-refractivity contribution is 5.85. The summed E-state index contributed by atoms with van der Waals surface area (Å²) in [5.41, 5.74) is 0.352. The molecule has 0 aliphatic heterocycles. The fraction of sp³-hybridized carbons (Fsp3) is 0.882. The van der Waals surface area contributed by atoms with Crippen LogP contribution in [0.4, 0.5) is 0 Å². The van der Waals surface area contributed by atoms with Crippen molar-refractivity contribution >= 4 is 11.9 Å². The fourth-order valence-electron chi connectivity index (χ4n) is 7.04. The van der Waals surface area contributed by atoms with E-state index in [0.717, 1.165) is 0 Å². The molecule has 0 aromatic heterocycles. The summed E-state index contributed by atoms with van der Waals surface area (Å²) in [4.78, 5) is 19.2. The number of aliphatic carboxylic acids is 2. The van der Waals surface area contributed by atoms with Crippen LogP contribution in [0.25, 0.3) is 0 Å². The molecule has 0 aromatic carbocycles. The van der Waals surface area contributed by atoms with Gasteiger partial charge in [0, 0.05) is 11.1 Å². The second-order valence-electron chi connectivity index (χ2n) is 17.0. The molecule has 3 aliphatic carbocycles. The van der Waals surface area contributed by atoms with Gasteiger partial charge in [-0.2, -0.15) is 0 Å². The zero-order chi connectivity index (χ0) is 41.3. The topological polar surface area (TPSA) is 74.6 Å². The van der Waals surface area contributed by atoms with Gasteiger partial charge in [-0.3, -0.25) is 0 Å². The smallest absolute Gasteiger partial charge is 0.330 e. The van der Waals surface area contributed by atoms with Gasteiger partial charge < -0.3 is 10.2 Å². The van der Waals surface area contributed by atoms with Crippen molar-refractivity contribution in [3.63, 3.8) is 0 Å². The Morgan fingerprint density at radius 3 is 0.473 bits per heavy atom. The SMILES string of the molecule is C1CCCCCCCCC1.C1CCCCCCCCC1.C1CCCCCCCCC1.C=C(C)C(=O)O.C=C(C)C(=O)O.CCCCCCCCCCCCC. The van der Waals surface area contributed by atoms with Crippen LogP contribution in [-0.2, 0) is 9.59 Å². The van der Waals surface area contributed by atoms with Crippen molar-refractivity contribution < 1.29 is 19.8 Å². The number of unbranched alkanes of at least 4 members (excludes halogenated alkanes) is 10. The highest BCUT2D eigenvalue weighted by Gasteiger charge is 1.98. The number of carboxylic acid groups (broad SMARTS) is 2. The molecule has 3 aliphatic rings. The van der Waals surface area contributed by atoms with Gasteiger partial charge in [-0.1, -0.05) is 290 Å². The first-order valence-electron chi connectivity index (χ1n) is 24.5. The molecule has 55 heavy (non-hydrogen) atoms. The van der Waals surface area contributed by atoms with E-state index in [4.69, 9.17) is 10.2 Å². The quantitative estimate of drug-likeness (QED) is 0.153. The lowest BCUT2D eigenvalue weighted by atomic mass is 10.0. The van der Waals surface area contributed by atoms with Gasteiger partial charge in [0.25, 0.3) is 0 Å². The molecule has 4 heteroatoms. The van der Waals surface area contributed by atoms with Gasteiger partial charge in [0.15, 0.2) is 0 Å². The predicted molar refractivity (Wildman–Crippen MR) is 246 cm³/mol. The molecule has 3 saturated carbocycles. The average Bonchev–Trinajstić information content (AvgIpc) is 3.19. The van der Waals surface area contributed by atoms with Crippen LogP contribution >= 0.6 is 0 Å². The third-order valence-corrected chi connectivity index (χ3v) is 10.9. The van der Waals surface area contributed by atoms with Crippen molar-refractivity contribution in [1.82, 2.24) is 0 Å². The molecule has 4 nitrogen and oxygen atoms in total. The molecular formula is C51H100O4. The molecule has 0 unspecified atom stereocenters. The van der Waals surface area contributed by atoms with E-state index in [-0.39, 0.29) is 11.1 Å². The molecule has 0 saturated heterocycles. The van der Waals surface area contributed by atoms with Crippen LogP contribution in [0.3, 0.4) is 0 Å². The summed E-state index contributed by atoms with van der Waals surface area (Å²) in [7, 11) is 0. The average molecular weight is 777 g/mol. The van der Waals surface area contributed by atoms with Gasteiger partial charge in [0.2, 0.25) is 0 Å². The largest absolute Gasteiger partial charge is 0.478 e. The van der Waals surface area contributed by atoms with Crippen LogP contribution in [-0.4, -0.2) is 22.2 Å². The Hall–Kier alpha value is -1.58. The molecular weight excluding hydrogens is 677 g/mol.